The van der Waals surface area contributed by atoms with Crippen molar-refractivity contribution in [3.05, 3.63) is 30.3 Å². The summed E-state index contributed by atoms with van der Waals surface area (Å²) in [5.74, 6) is -4.02. The highest BCUT2D eigenvalue weighted by Gasteiger charge is 2.55. The largest absolute Gasteiger partial charge is 0.465 e. The Labute approximate surface area is 133 Å². The lowest BCUT2D eigenvalue weighted by Gasteiger charge is -2.29. The van der Waals surface area contributed by atoms with Gasteiger partial charge in [0.2, 0.25) is 5.78 Å². The fraction of sp³-hybridized carbons (Fsp3) is 0.438. The molecule has 0 spiro atoms. The SMILES string of the molecule is CCOC(=O)C1C(=O)C(=O)N(c2ccccc2)C1C(O)OCC. The number of para-hydroxylation sites is 1. The number of carbonyl (C=O) groups excluding carboxylic acids is 3. The molecule has 1 aromatic carbocycles. The molecule has 0 saturated carbocycles. The van der Waals surface area contributed by atoms with Crippen LogP contribution in [0.4, 0.5) is 5.69 Å². The van der Waals surface area contributed by atoms with Crippen LogP contribution in [-0.4, -0.2) is 48.3 Å². The number of amides is 1. The van der Waals surface area contributed by atoms with Crippen LogP contribution in [0.3, 0.4) is 0 Å². The van der Waals surface area contributed by atoms with E-state index in [1.807, 2.05) is 0 Å². The smallest absolute Gasteiger partial charge is 0.319 e. The molecule has 1 heterocycles. The molecule has 1 fully saturated rings. The van der Waals surface area contributed by atoms with Crippen molar-refractivity contribution in [3.8, 4) is 0 Å². The third-order valence-corrected chi connectivity index (χ3v) is 3.56. The van der Waals surface area contributed by atoms with Crippen LogP contribution in [0.1, 0.15) is 13.8 Å². The van der Waals surface area contributed by atoms with Crippen LogP contribution in [0.5, 0.6) is 0 Å². The van der Waals surface area contributed by atoms with Crippen molar-refractivity contribution in [2.45, 2.75) is 26.2 Å². The number of Topliss-reactive ketones (excluding diaryl/α,β-unsaturated/α-hetero) is 1. The van der Waals surface area contributed by atoms with E-state index in [0.29, 0.717) is 5.69 Å². The molecule has 2 rings (SSSR count). The summed E-state index contributed by atoms with van der Waals surface area (Å²) in [5, 5.41) is 10.2. The maximum Gasteiger partial charge on any atom is 0.319 e. The summed E-state index contributed by atoms with van der Waals surface area (Å²) in [6, 6.07) is 7.21. The van der Waals surface area contributed by atoms with E-state index in [9.17, 15) is 19.5 Å². The molecule has 7 heteroatoms. The minimum Gasteiger partial charge on any atom is -0.465 e. The molecule has 1 N–H and O–H groups in total. The van der Waals surface area contributed by atoms with Gasteiger partial charge in [-0.3, -0.25) is 19.3 Å². The first-order chi connectivity index (χ1) is 11.0. The molecular weight excluding hydrogens is 302 g/mol. The fourth-order valence-corrected chi connectivity index (χ4v) is 2.61. The molecule has 3 unspecified atom stereocenters. The number of esters is 1. The van der Waals surface area contributed by atoms with Crippen LogP contribution >= 0.6 is 0 Å². The molecule has 124 valence electrons. The zero-order chi connectivity index (χ0) is 17.0. The highest BCUT2D eigenvalue weighted by Crippen LogP contribution is 2.32. The van der Waals surface area contributed by atoms with Crippen molar-refractivity contribution >= 4 is 23.3 Å². The van der Waals surface area contributed by atoms with Gasteiger partial charge < -0.3 is 14.6 Å². The average molecular weight is 321 g/mol. The number of hydrogen-bond acceptors (Lipinski definition) is 6. The average Bonchev–Trinajstić information content (AvgIpc) is 2.81. The quantitative estimate of drug-likeness (QED) is 0.355. The van der Waals surface area contributed by atoms with Crippen LogP contribution in [-0.2, 0) is 23.9 Å². The topological polar surface area (TPSA) is 93.1 Å². The molecule has 0 aliphatic carbocycles. The molecule has 0 radical (unpaired) electrons. The number of ether oxygens (including phenoxy) is 2. The molecular formula is C16H19NO6. The molecule has 23 heavy (non-hydrogen) atoms. The van der Waals surface area contributed by atoms with Gasteiger partial charge in [-0.25, -0.2) is 0 Å². The molecule has 0 bridgehead atoms. The molecule has 1 aliphatic rings. The number of ketones is 1. The van der Waals surface area contributed by atoms with Crippen molar-refractivity contribution in [1.82, 2.24) is 0 Å². The monoisotopic (exact) mass is 321 g/mol. The van der Waals surface area contributed by atoms with Gasteiger partial charge in [0, 0.05) is 12.3 Å². The Hall–Kier alpha value is -2.25. The minimum atomic E-state index is -1.48. The molecule has 7 nitrogen and oxygen atoms in total. The maximum atomic E-state index is 12.3. The summed E-state index contributed by atoms with van der Waals surface area (Å²) in [5.41, 5.74) is 0.404. The Morgan fingerprint density at radius 2 is 1.87 bits per heavy atom. The summed E-state index contributed by atoms with van der Waals surface area (Å²) >= 11 is 0. The van der Waals surface area contributed by atoms with Gasteiger partial charge in [0.15, 0.2) is 12.2 Å². The Kier molecular flexibility index (Phi) is 5.46. The lowest BCUT2D eigenvalue weighted by atomic mass is 9.98. The molecule has 1 aliphatic heterocycles. The fourth-order valence-electron chi connectivity index (χ4n) is 2.61. The summed E-state index contributed by atoms with van der Waals surface area (Å²) in [7, 11) is 0. The number of aliphatic hydroxyl groups is 1. The lowest BCUT2D eigenvalue weighted by Crippen LogP contribution is -2.47. The van der Waals surface area contributed by atoms with Gasteiger partial charge in [0.05, 0.1) is 6.61 Å². The van der Waals surface area contributed by atoms with Gasteiger partial charge in [-0.2, -0.15) is 0 Å². The lowest BCUT2D eigenvalue weighted by molar-refractivity contribution is -0.159. The second-order valence-corrected chi connectivity index (χ2v) is 4.94. The number of rotatable bonds is 6. The van der Waals surface area contributed by atoms with Gasteiger partial charge in [-0.15, -0.1) is 0 Å². The number of benzene rings is 1. The maximum absolute atomic E-state index is 12.3. The number of hydrogen-bond donors (Lipinski definition) is 1. The number of anilines is 1. The van der Waals surface area contributed by atoms with E-state index in [4.69, 9.17) is 9.47 Å². The molecule has 0 aromatic heterocycles. The first-order valence-electron chi connectivity index (χ1n) is 7.41. The van der Waals surface area contributed by atoms with Crippen LogP contribution in [0.25, 0.3) is 0 Å². The first-order valence-corrected chi connectivity index (χ1v) is 7.41. The molecule has 1 saturated heterocycles. The van der Waals surface area contributed by atoms with E-state index in [-0.39, 0.29) is 13.2 Å². The highest BCUT2D eigenvalue weighted by molar-refractivity contribution is 6.47. The van der Waals surface area contributed by atoms with Crippen LogP contribution in [0.2, 0.25) is 0 Å². The molecule has 1 aromatic rings. The Morgan fingerprint density at radius 1 is 1.22 bits per heavy atom. The number of carbonyl (C=O) groups is 3. The van der Waals surface area contributed by atoms with Gasteiger partial charge in [-0.05, 0) is 26.0 Å². The normalized spacial score (nSPS) is 22.3. The van der Waals surface area contributed by atoms with Gasteiger partial charge >= 0.3 is 5.97 Å². The Morgan fingerprint density at radius 3 is 2.43 bits per heavy atom. The third-order valence-electron chi connectivity index (χ3n) is 3.56. The van der Waals surface area contributed by atoms with E-state index in [1.165, 1.54) is 0 Å². The summed E-state index contributed by atoms with van der Waals surface area (Å²) in [6.07, 6.45) is -1.48. The predicted octanol–water partition coefficient (Wildman–Crippen LogP) is 0.505. The van der Waals surface area contributed by atoms with E-state index < -0.39 is 35.9 Å². The second-order valence-electron chi connectivity index (χ2n) is 4.94. The zero-order valence-electron chi connectivity index (χ0n) is 13.0. The zero-order valence-corrected chi connectivity index (χ0v) is 13.0. The summed E-state index contributed by atoms with van der Waals surface area (Å²) in [4.78, 5) is 37.8. The molecule has 3 atom stereocenters. The Bertz CT molecular complexity index is 587. The first kappa shape index (κ1) is 17.1. The number of aliphatic hydroxyl groups excluding tert-OH is 1. The van der Waals surface area contributed by atoms with Crippen LogP contribution in [0.15, 0.2) is 30.3 Å². The van der Waals surface area contributed by atoms with E-state index >= 15 is 0 Å². The summed E-state index contributed by atoms with van der Waals surface area (Å²) < 4.78 is 10.0. The highest BCUT2D eigenvalue weighted by atomic mass is 16.6. The van der Waals surface area contributed by atoms with Gasteiger partial charge in [0.25, 0.3) is 5.91 Å². The summed E-state index contributed by atoms with van der Waals surface area (Å²) in [6.45, 7) is 3.49. The van der Waals surface area contributed by atoms with E-state index in [2.05, 4.69) is 0 Å². The van der Waals surface area contributed by atoms with Crippen molar-refractivity contribution in [2.75, 3.05) is 18.1 Å². The third kappa shape index (κ3) is 3.25. The van der Waals surface area contributed by atoms with Crippen LogP contribution < -0.4 is 4.90 Å². The van der Waals surface area contributed by atoms with E-state index in [0.717, 1.165) is 4.90 Å². The van der Waals surface area contributed by atoms with Gasteiger partial charge in [0.1, 0.15) is 6.04 Å². The predicted molar refractivity (Wildman–Crippen MR) is 80.5 cm³/mol. The van der Waals surface area contributed by atoms with Crippen molar-refractivity contribution in [1.29, 1.82) is 0 Å². The molecule has 1 amide bonds. The van der Waals surface area contributed by atoms with Crippen molar-refractivity contribution < 1.29 is 29.0 Å². The second kappa shape index (κ2) is 7.34. The van der Waals surface area contributed by atoms with Gasteiger partial charge in [-0.1, -0.05) is 18.2 Å². The van der Waals surface area contributed by atoms with Crippen molar-refractivity contribution in [2.24, 2.45) is 5.92 Å². The Balaban J connectivity index is 2.45. The van der Waals surface area contributed by atoms with Crippen molar-refractivity contribution in [3.63, 3.8) is 0 Å². The standard InChI is InChI=1S/C16H19NO6/c1-3-22-15(20)11-12(16(21)23-4-2)17(14(19)13(11)18)10-8-6-5-7-9-10/h5-9,11-12,16,21H,3-4H2,1-2H3. The number of nitrogens with zero attached hydrogens (tertiary/aromatic N) is 1. The van der Waals surface area contributed by atoms with Crippen LogP contribution in [0, 0.1) is 5.92 Å². The minimum absolute atomic E-state index is 0.0690. The van der Waals surface area contributed by atoms with E-state index in [1.54, 1.807) is 44.2 Å².